The molecule has 1 aromatic rings. The van der Waals surface area contributed by atoms with Crippen molar-refractivity contribution >= 4 is 15.9 Å². The second-order valence-electron chi connectivity index (χ2n) is 7.00. The van der Waals surface area contributed by atoms with Crippen LogP contribution in [0.1, 0.15) is 57.3 Å². The van der Waals surface area contributed by atoms with E-state index in [0.717, 1.165) is 11.2 Å². The van der Waals surface area contributed by atoms with Crippen LogP contribution in [0.25, 0.3) is 0 Å². The third-order valence-corrected chi connectivity index (χ3v) is 5.56. The molecule has 4 unspecified atom stereocenters. The van der Waals surface area contributed by atoms with Crippen LogP contribution in [0.2, 0.25) is 0 Å². The molecule has 0 bridgehead atoms. The minimum Gasteiger partial charge on any atom is -0.369 e. The molecule has 0 radical (unpaired) electrons. The first kappa shape index (κ1) is 17.0. The Hall–Kier alpha value is -0.340. The minimum atomic E-state index is 0.169. The second-order valence-corrected chi connectivity index (χ2v) is 7.65. The number of hydrogen-bond donors (Lipinski definition) is 0. The lowest BCUT2D eigenvalue weighted by Crippen LogP contribution is -2.35. The average molecular weight is 353 g/mol. The van der Waals surface area contributed by atoms with Crippen LogP contribution < -0.4 is 0 Å². The van der Waals surface area contributed by atoms with Gasteiger partial charge in [0.05, 0.1) is 12.2 Å². The molecule has 0 aliphatic heterocycles. The van der Waals surface area contributed by atoms with Crippen LogP contribution in [0.5, 0.6) is 0 Å². The van der Waals surface area contributed by atoms with Crippen molar-refractivity contribution in [3.8, 4) is 0 Å². The van der Waals surface area contributed by atoms with Crippen LogP contribution in [0.4, 0.5) is 0 Å². The van der Waals surface area contributed by atoms with E-state index < -0.39 is 0 Å². The molecule has 0 saturated heterocycles. The van der Waals surface area contributed by atoms with Crippen molar-refractivity contribution in [1.29, 1.82) is 0 Å². The highest BCUT2D eigenvalue weighted by Crippen LogP contribution is 2.38. The van der Waals surface area contributed by atoms with Crippen molar-refractivity contribution in [2.24, 2.45) is 17.8 Å². The predicted octanol–water partition coefficient (Wildman–Crippen LogP) is 5.91. The zero-order valence-electron chi connectivity index (χ0n) is 13.8. The summed E-state index contributed by atoms with van der Waals surface area (Å²) in [6.45, 7) is 9.23. The summed E-state index contributed by atoms with van der Waals surface area (Å²) >= 11 is 3.66. The number of rotatable bonds is 5. The highest BCUT2D eigenvalue weighted by atomic mass is 79.9. The Balaban J connectivity index is 2.14. The van der Waals surface area contributed by atoms with Crippen molar-refractivity contribution in [3.63, 3.8) is 0 Å². The smallest absolute Gasteiger partial charge is 0.0928 e. The van der Waals surface area contributed by atoms with Gasteiger partial charge in [-0.2, -0.15) is 0 Å². The van der Waals surface area contributed by atoms with Gasteiger partial charge in [-0.3, -0.25) is 0 Å². The SMILES string of the molecule is Cc1ccccc1C(CBr)OC1CC(C)CCC1C(C)C. The van der Waals surface area contributed by atoms with Gasteiger partial charge in [-0.15, -0.1) is 0 Å². The molecule has 0 N–H and O–H groups in total. The van der Waals surface area contributed by atoms with Gasteiger partial charge in [0, 0.05) is 5.33 Å². The van der Waals surface area contributed by atoms with E-state index in [4.69, 9.17) is 4.74 Å². The van der Waals surface area contributed by atoms with Crippen LogP contribution >= 0.6 is 15.9 Å². The molecule has 1 aliphatic rings. The lowest BCUT2D eigenvalue weighted by molar-refractivity contribution is -0.0734. The molecule has 1 aromatic carbocycles. The molecule has 0 amide bonds. The first-order valence-electron chi connectivity index (χ1n) is 8.29. The van der Waals surface area contributed by atoms with E-state index in [1.165, 1.54) is 30.4 Å². The van der Waals surface area contributed by atoms with Crippen molar-refractivity contribution < 1.29 is 4.74 Å². The summed E-state index contributed by atoms with van der Waals surface area (Å²) in [5.41, 5.74) is 2.65. The Morgan fingerprint density at radius 3 is 2.57 bits per heavy atom. The lowest BCUT2D eigenvalue weighted by Gasteiger charge is -2.39. The maximum atomic E-state index is 6.60. The topological polar surface area (TPSA) is 9.23 Å². The van der Waals surface area contributed by atoms with Gasteiger partial charge >= 0.3 is 0 Å². The second kappa shape index (κ2) is 7.78. The Morgan fingerprint density at radius 2 is 1.95 bits per heavy atom. The maximum absolute atomic E-state index is 6.60. The van der Waals surface area contributed by atoms with Gasteiger partial charge in [-0.05, 0) is 48.6 Å². The van der Waals surface area contributed by atoms with Gasteiger partial charge in [0.25, 0.3) is 0 Å². The summed E-state index contributed by atoms with van der Waals surface area (Å²) in [6, 6.07) is 8.60. The van der Waals surface area contributed by atoms with E-state index in [9.17, 15) is 0 Å². The molecule has 1 aliphatic carbocycles. The van der Waals surface area contributed by atoms with E-state index >= 15 is 0 Å². The predicted molar refractivity (Wildman–Crippen MR) is 93.9 cm³/mol. The van der Waals surface area contributed by atoms with E-state index in [-0.39, 0.29) is 6.10 Å². The Morgan fingerprint density at radius 1 is 1.24 bits per heavy atom. The third kappa shape index (κ3) is 4.32. The van der Waals surface area contributed by atoms with Crippen LogP contribution in [0.3, 0.4) is 0 Å². The summed E-state index contributed by atoms with van der Waals surface area (Å²) in [5.74, 6) is 2.19. The summed E-state index contributed by atoms with van der Waals surface area (Å²) in [7, 11) is 0. The molecule has 1 saturated carbocycles. The average Bonchev–Trinajstić information content (AvgIpc) is 2.45. The summed E-state index contributed by atoms with van der Waals surface area (Å²) in [6.07, 6.45) is 4.44. The molecule has 21 heavy (non-hydrogen) atoms. The standard InChI is InChI=1S/C19H29BrO/c1-13(2)16-10-9-14(3)11-18(16)21-19(12-20)17-8-6-5-7-15(17)4/h5-8,13-14,16,18-19H,9-12H2,1-4H3. The quantitative estimate of drug-likeness (QED) is 0.598. The van der Waals surface area contributed by atoms with Gasteiger partial charge in [0.2, 0.25) is 0 Å². The molecule has 0 heterocycles. The Labute approximate surface area is 138 Å². The number of aryl methyl sites for hydroxylation is 1. The number of hydrogen-bond acceptors (Lipinski definition) is 1. The van der Waals surface area contributed by atoms with Crippen LogP contribution in [-0.2, 0) is 4.74 Å². The summed E-state index contributed by atoms with van der Waals surface area (Å²) in [5, 5.41) is 0.869. The summed E-state index contributed by atoms with van der Waals surface area (Å²) < 4.78 is 6.60. The van der Waals surface area contributed by atoms with Crippen molar-refractivity contribution in [2.75, 3.05) is 5.33 Å². The highest BCUT2D eigenvalue weighted by molar-refractivity contribution is 9.09. The van der Waals surface area contributed by atoms with Gasteiger partial charge in [-0.25, -0.2) is 0 Å². The molecule has 0 aromatic heterocycles. The molecule has 4 atom stereocenters. The zero-order valence-corrected chi connectivity index (χ0v) is 15.4. The zero-order chi connectivity index (χ0) is 15.4. The fraction of sp³-hybridized carbons (Fsp3) is 0.684. The first-order chi connectivity index (χ1) is 10.0. The lowest BCUT2D eigenvalue weighted by atomic mass is 9.75. The number of alkyl halides is 1. The number of ether oxygens (including phenoxy) is 1. The minimum absolute atomic E-state index is 0.169. The van der Waals surface area contributed by atoms with E-state index in [1.54, 1.807) is 0 Å². The molecule has 1 fully saturated rings. The van der Waals surface area contributed by atoms with Gasteiger partial charge < -0.3 is 4.74 Å². The van der Waals surface area contributed by atoms with Gasteiger partial charge in [0.15, 0.2) is 0 Å². The van der Waals surface area contributed by atoms with Crippen LogP contribution in [0.15, 0.2) is 24.3 Å². The van der Waals surface area contributed by atoms with Crippen LogP contribution in [0, 0.1) is 24.7 Å². The number of halogens is 1. The van der Waals surface area contributed by atoms with Crippen LogP contribution in [-0.4, -0.2) is 11.4 Å². The Kier molecular flexibility index (Phi) is 6.31. The van der Waals surface area contributed by atoms with Gasteiger partial charge in [-0.1, -0.05) is 67.4 Å². The van der Waals surface area contributed by atoms with Crippen molar-refractivity contribution in [3.05, 3.63) is 35.4 Å². The molecule has 1 nitrogen and oxygen atoms in total. The molecule has 2 heteroatoms. The normalized spacial score (nSPS) is 27.8. The molecular formula is C19H29BrO. The third-order valence-electron chi connectivity index (χ3n) is 4.98. The molecule has 118 valence electrons. The molecular weight excluding hydrogens is 324 g/mol. The fourth-order valence-electron chi connectivity index (χ4n) is 3.62. The first-order valence-corrected chi connectivity index (χ1v) is 9.42. The maximum Gasteiger partial charge on any atom is 0.0928 e. The molecule has 2 rings (SSSR count). The fourth-order valence-corrected chi connectivity index (χ4v) is 4.12. The van der Waals surface area contributed by atoms with E-state index in [1.807, 2.05) is 0 Å². The van der Waals surface area contributed by atoms with Crippen molar-refractivity contribution in [2.45, 2.75) is 59.2 Å². The number of benzene rings is 1. The van der Waals surface area contributed by atoms with Crippen molar-refractivity contribution in [1.82, 2.24) is 0 Å². The Bertz CT molecular complexity index is 443. The largest absolute Gasteiger partial charge is 0.369 e. The van der Waals surface area contributed by atoms with E-state index in [0.29, 0.717) is 17.9 Å². The van der Waals surface area contributed by atoms with Gasteiger partial charge in [0.1, 0.15) is 0 Å². The van der Waals surface area contributed by atoms with E-state index in [2.05, 4.69) is 67.9 Å². The molecule has 0 spiro atoms. The monoisotopic (exact) mass is 352 g/mol. The summed E-state index contributed by atoms with van der Waals surface area (Å²) in [4.78, 5) is 0. The highest BCUT2D eigenvalue weighted by Gasteiger charge is 2.33.